The minimum absolute atomic E-state index is 0.0575. The molecule has 0 spiro atoms. The van der Waals surface area contributed by atoms with Crippen LogP contribution in [-0.2, 0) is 9.53 Å². The molecule has 0 saturated carbocycles. The van der Waals surface area contributed by atoms with Crippen molar-refractivity contribution >= 4 is 23.7 Å². The van der Waals surface area contributed by atoms with Crippen molar-refractivity contribution in [1.82, 2.24) is 14.8 Å². The van der Waals surface area contributed by atoms with E-state index in [0.29, 0.717) is 11.5 Å². The number of benzene rings is 1. The van der Waals surface area contributed by atoms with Gasteiger partial charge in [-0.2, -0.15) is 5.10 Å². The van der Waals surface area contributed by atoms with Crippen LogP contribution in [0.4, 0.5) is 16.4 Å². The fraction of sp³-hybridized carbons (Fsp3) is 0.333. The molecule has 0 radical (unpaired) electrons. The zero-order chi connectivity index (χ0) is 23.2. The Labute approximate surface area is 192 Å². The van der Waals surface area contributed by atoms with Crippen molar-refractivity contribution < 1.29 is 19.4 Å². The van der Waals surface area contributed by atoms with Gasteiger partial charge in [-0.15, -0.1) is 0 Å². The van der Waals surface area contributed by atoms with Crippen LogP contribution >= 0.6 is 0 Å². The number of pyridine rings is 1. The van der Waals surface area contributed by atoms with Gasteiger partial charge in [-0.3, -0.25) is 10.1 Å². The second-order valence-electron chi connectivity index (χ2n) is 8.03. The molecule has 4 rings (SSSR count). The highest BCUT2D eigenvalue weighted by Crippen LogP contribution is 2.26. The highest BCUT2D eigenvalue weighted by atomic mass is 16.6. The molecule has 172 valence electrons. The van der Waals surface area contributed by atoms with Crippen LogP contribution in [0.2, 0.25) is 0 Å². The Balaban J connectivity index is 1.44. The van der Waals surface area contributed by atoms with E-state index in [1.54, 1.807) is 23.1 Å². The van der Waals surface area contributed by atoms with Gasteiger partial charge in [0.1, 0.15) is 17.7 Å². The van der Waals surface area contributed by atoms with Gasteiger partial charge in [0.25, 0.3) is 0 Å². The number of rotatable bonds is 7. The van der Waals surface area contributed by atoms with Gasteiger partial charge < -0.3 is 14.7 Å². The molecule has 0 bridgehead atoms. The van der Waals surface area contributed by atoms with Crippen LogP contribution in [0.5, 0.6) is 0 Å². The number of carboxylic acids is 1. The summed E-state index contributed by atoms with van der Waals surface area (Å²) >= 11 is 0. The lowest BCUT2D eigenvalue weighted by Gasteiger charge is -2.36. The monoisotopic (exact) mass is 449 g/mol. The number of carboxylic acid groups (broad SMARTS) is 1. The zero-order valence-corrected chi connectivity index (χ0v) is 18.4. The molecule has 2 atom stereocenters. The van der Waals surface area contributed by atoms with Gasteiger partial charge in [0.15, 0.2) is 0 Å². The zero-order valence-electron chi connectivity index (χ0n) is 18.4. The maximum Gasteiger partial charge on any atom is 0.413 e. The number of hydrogen-bond donors (Lipinski definition) is 2. The molecular formula is C24H27N5O4. The number of carbonyl (C=O) groups excluding carboxylic acids is 1. The van der Waals surface area contributed by atoms with E-state index < -0.39 is 18.2 Å². The number of hydrogen-bond acceptors (Lipinski definition) is 6. The molecule has 2 aromatic heterocycles. The van der Waals surface area contributed by atoms with Gasteiger partial charge in [0.05, 0.1) is 24.5 Å². The second-order valence-corrected chi connectivity index (χ2v) is 8.03. The minimum atomic E-state index is -0.802. The summed E-state index contributed by atoms with van der Waals surface area (Å²) in [6.45, 7) is 2.59. The van der Waals surface area contributed by atoms with Crippen molar-refractivity contribution in [1.29, 1.82) is 0 Å². The van der Waals surface area contributed by atoms with Crippen LogP contribution < -0.4 is 10.2 Å². The van der Waals surface area contributed by atoms with Crippen molar-refractivity contribution in [2.24, 2.45) is 0 Å². The Kier molecular flexibility index (Phi) is 6.87. The maximum absolute atomic E-state index is 12.4. The summed E-state index contributed by atoms with van der Waals surface area (Å²) < 4.78 is 7.05. The number of aromatic nitrogens is 3. The average Bonchev–Trinajstić information content (AvgIpc) is 3.27. The summed E-state index contributed by atoms with van der Waals surface area (Å²) in [5.41, 5.74) is 1.57. The largest absolute Gasteiger partial charge is 0.481 e. The van der Waals surface area contributed by atoms with Gasteiger partial charge >= 0.3 is 12.1 Å². The van der Waals surface area contributed by atoms with Crippen molar-refractivity contribution in [2.45, 2.75) is 44.8 Å². The predicted octanol–water partition coefficient (Wildman–Crippen LogP) is 4.41. The highest BCUT2D eigenvalue weighted by molar-refractivity contribution is 5.84. The van der Waals surface area contributed by atoms with Gasteiger partial charge in [0, 0.05) is 18.7 Å². The van der Waals surface area contributed by atoms with Crippen LogP contribution in [-0.4, -0.2) is 44.5 Å². The topological polar surface area (TPSA) is 110 Å². The molecule has 1 aromatic carbocycles. The first-order valence-electron chi connectivity index (χ1n) is 11.0. The lowest BCUT2D eigenvalue weighted by molar-refractivity contribution is -0.137. The molecule has 1 aliphatic rings. The lowest BCUT2D eigenvalue weighted by Crippen LogP contribution is -2.41. The minimum Gasteiger partial charge on any atom is -0.481 e. The SMILES string of the molecule is CC(OC(=O)Nc1ccnn1-c1ccc(N2CCCCC2CC(=O)O)nc1)c1ccccc1. The van der Waals surface area contributed by atoms with E-state index in [0.717, 1.165) is 37.2 Å². The average molecular weight is 450 g/mol. The molecule has 9 heteroatoms. The molecule has 1 saturated heterocycles. The molecular weight excluding hydrogens is 422 g/mol. The standard InChI is InChI=1S/C24H27N5O4/c1-17(18-7-3-2-4-8-18)33-24(32)27-22-12-13-26-29(22)20-10-11-21(25-16-20)28-14-6-5-9-19(28)15-23(30)31/h2-4,7-8,10-13,16-17,19H,5-6,9,14-15H2,1H3,(H,27,32)(H,30,31). The molecule has 3 heterocycles. The summed E-state index contributed by atoms with van der Waals surface area (Å²) in [5, 5.41) is 16.2. The third kappa shape index (κ3) is 5.49. The predicted molar refractivity (Wildman–Crippen MR) is 124 cm³/mol. The normalized spacial score (nSPS) is 16.8. The van der Waals surface area contributed by atoms with Crippen LogP contribution in [0.25, 0.3) is 5.69 Å². The number of anilines is 2. The van der Waals surface area contributed by atoms with E-state index in [9.17, 15) is 14.7 Å². The van der Waals surface area contributed by atoms with Gasteiger partial charge in [-0.05, 0) is 43.9 Å². The van der Waals surface area contributed by atoms with Gasteiger partial charge in [-0.25, -0.2) is 14.5 Å². The summed E-state index contributed by atoms with van der Waals surface area (Å²) in [4.78, 5) is 30.3. The first-order valence-corrected chi connectivity index (χ1v) is 11.0. The van der Waals surface area contributed by atoms with E-state index in [1.807, 2.05) is 49.4 Å². The summed E-state index contributed by atoms with van der Waals surface area (Å²) in [6, 6.07) is 14.8. The van der Waals surface area contributed by atoms with Gasteiger partial charge in [-0.1, -0.05) is 30.3 Å². The number of piperidine rings is 1. The second kappa shape index (κ2) is 10.2. The highest BCUT2D eigenvalue weighted by Gasteiger charge is 2.25. The molecule has 1 aliphatic heterocycles. The number of nitrogens with zero attached hydrogens (tertiary/aromatic N) is 4. The number of aliphatic carboxylic acids is 1. The van der Waals surface area contributed by atoms with Crippen molar-refractivity contribution in [3.63, 3.8) is 0 Å². The smallest absolute Gasteiger partial charge is 0.413 e. The molecule has 2 N–H and O–H groups in total. The van der Waals surface area contributed by atoms with Crippen molar-refractivity contribution in [3.8, 4) is 5.69 Å². The summed E-state index contributed by atoms with van der Waals surface area (Å²) in [5.74, 6) is 0.392. The van der Waals surface area contributed by atoms with Crippen molar-refractivity contribution in [2.75, 3.05) is 16.8 Å². The molecule has 3 aromatic rings. The molecule has 0 aliphatic carbocycles. The van der Waals surface area contributed by atoms with Crippen molar-refractivity contribution in [3.05, 3.63) is 66.5 Å². The lowest BCUT2D eigenvalue weighted by atomic mass is 9.99. The Hall–Kier alpha value is -3.88. The number of ether oxygens (including phenoxy) is 1. The Morgan fingerprint density at radius 1 is 1.18 bits per heavy atom. The fourth-order valence-electron chi connectivity index (χ4n) is 4.08. The summed E-state index contributed by atoms with van der Waals surface area (Å²) in [6.07, 6.45) is 5.24. The van der Waals surface area contributed by atoms with E-state index in [4.69, 9.17) is 4.74 Å². The number of amides is 1. The first kappa shape index (κ1) is 22.3. The van der Waals surface area contributed by atoms with Crippen LogP contribution in [0.1, 0.15) is 44.3 Å². The third-order valence-electron chi connectivity index (χ3n) is 5.73. The maximum atomic E-state index is 12.4. The fourth-order valence-corrected chi connectivity index (χ4v) is 4.08. The summed E-state index contributed by atoms with van der Waals surface area (Å²) in [7, 11) is 0. The van der Waals surface area contributed by atoms with E-state index in [-0.39, 0.29) is 12.5 Å². The van der Waals surface area contributed by atoms with Gasteiger partial charge in [0.2, 0.25) is 0 Å². The molecule has 1 amide bonds. The molecule has 33 heavy (non-hydrogen) atoms. The van der Waals surface area contributed by atoms with E-state index in [1.165, 1.54) is 0 Å². The Bertz CT molecular complexity index is 1080. The molecule has 1 fully saturated rings. The quantitative estimate of drug-likeness (QED) is 0.550. The van der Waals surface area contributed by atoms with E-state index >= 15 is 0 Å². The Morgan fingerprint density at radius 2 is 2.00 bits per heavy atom. The third-order valence-corrected chi connectivity index (χ3v) is 5.73. The van der Waals surface area contributed by atoms with Crippen LogP contribution in [0, 0.1) is 0 Å². The van der Waals surface area contributed by atoms with E-state index in [2.05, 4.69) is 20.3 Å². The Morgan fingerprint density at radius 3 is 2.73 bits per heavy atom. The molecule has 2 unspecified atom stereocenters. The van der Waals surface area contributed by atoms with Crippen LogP contribution in [0.3, 0.4) is 0 Å². The molecule has 9 nitrogen and oxygen atoms in total. The number of nitrogens with one attached hydrogen (secondary N) is 1. The first-order chi connectivity index (χ1) is 16.0. The number of carbonyl (C=O) groups is 2. The van der Waals surface area contributed by atoms with Crippen LogP contribution in [0.15, 0.2) is 60.9 Å².